The van der Waals surface area contributed by atoms with Crippen LogP contribution in [0.4, 0.5) is 19.2 Å². The number of unbranched alkanes of at least 4 members (excludes halogenated alkanes) is 3. The Balaban J connectivity index is 4.66. The highest BCUT2D eigenvalue weighted by Crippen LogP contribution is 2.11. The molecule has 48 heteroatoms. The molecule has 0 heterocycles. The van der Waals surface area contributed by atoms with Crippen molar-refractivity contribution in [2.24, 2.45) is 0 Å². The maximum absolute atomic E-state index is 13.3. The lowest BCUT2D eigenvalue weighted by Crippen LogP contribution is -2.48. The van der Waals surface area contributed by atoms with Gasteiger partial charge in [-0.25, -0.2) is 24.0 Å². The molecular weight excluding hydrogens is 1780 g/mol. The van der Waals surface area contributed by atoms with Gasteiger partial charge in [0.1, 0.15) is 80.2 Å². The second-order valence-corrected chi connectivity index (χ2v) is 33.2. The number of carboxylic acid groups (broad SMARTS) is 1. The van der Waals surface area contributed by atoms with E-state index in [4.69, 9.17) is 104 Å². The summed E-state index contributed by atoms with van der Waals surface area (Å²) in [6, 6.07) is -3.08. The summed E-state index contributed by atoms with van der Waals surface area (Å²) in [7, 11) is 0. The summed E-state index contributed by atoms with van der Waals surface area (Å²) in [4.78, 5) is 161. The number of hydrogen-bond donors (Lipinski definition) is 13. The van der Waals surface area contributed by atoms with Crippen LogP contribution < -0.4 is 63.8 Å². The summed E-state index contributed by atoms with van der Waals surface area (Å²) in [5.41, 5.74) is -2.42. The molecule has 0 saturated carbocycles. The fourth-order valence-electron chi connectivity index (χ4n) is 10.3. The third-order valence-electron chi connectivity index (χ3n) is 16.3. The van der Waals surface area contributed by atoms with Gasteiger partial charge in [-0.3, -0.25) is 38.4 Å². The maximum atomic E-state index is 13.3. The predicted molar refractivity (Wildman–Crippen MR) is 482 cm³/mol. The molecule has 0 aliphatic carbocycles. The Morgan fingerprint density at radius 2 is 0.373 bits per heavy atom. The highest BCUT2D eigenvalue weighted by molar-refractivity contribution is 5.89. The first-order valence-corrected chi connectivity index (χ1v) is 45.7. The van der Waals surface area contributed by atoms with E-state index in [1.54, 1.807) is 83.1 Å². The number of nitrogens with one attached hydrogen (secondary N) is 12. The molecule has 0 aliphatic heterocycles. The normalized spacial score (nSPS) is 12.3. The number of amides is 12. The van der Waals surface area contributed by atoms with Crippen LogP contribution in [0, 0.1) is 0 Å². The van der Waals surface area contributed by atoms with E-state index in [1.807, 2.05) is 0 Å². The van der Waals surface area contributed by atoms with Crippen molar-refractivity contribution in [1.82, 2.24) is 63.8 Å². The van der Waals surface area contributed by atoms with Crippen molar-refractivity contribution >= 4 is 77.6 Å². The van der Waals surface area contributed by atoms with Crippen molar-refractivity contribution in [1.29, 1.82) is 0 Å². The van der Waals surface area contributed by atoms with Crippen molar-refractivity contribution in [2.75, 3.05) is 297 Å². The molecule has 0 radical (unpaired) electrons. The highest BCUT2D eigenvalue weighted by atomic mass is 16.6. The van der Waals surface area contributed by atoms with Crippen molar-refractivity contribution in [2.45, 2.75) is 181 Å². The van der Waals surface area contributed by atoms with Gasteiger partial charge in [0.05, 0.1) is 198 Å². The zero-order chi connectivity index (χ0) is 99.5. The fraction of sp³-hybridized carbons (Fsp3) is 0.849. The number of rotatable bonds is 87. The van der Waals surface area contributed by atoms with E-state index in [0.29, 0.717) is 51.7 Å². The van der Waals surface area contributed by atoms with Crippen molar-refractivity contribution in [3.8, 4) is 0 Å². The summed E-state index contributed by atoms with van der Waals surface area (Å²) in [5, 5.41) is 41.7. The Morgan fingerprint density at radius 1 is 0.201 bits per heavy atom. The molecule has 0 bridgehead atoms. The lowest BCUT2D eigenvalue weighted by Gasteiger charge is -2.19. The Labute approximate surface area is 788 Å². The average Bonchev–Trinajstić information content (AvgIpc) is 0.927. The van der Waals surface area contributed by atoms with Gasteiger partial charge >= 0.3 is 30.3 Å². The van der Waals surface area contributed by atoms with E-state index in [9.17, 15) is 67.4 Å². The Morgan fingerprint density at radius 3 is 0.575 bits per heavy atom. The quantitative estimate of drug-likeness (QED) is 0.0282. The number of hydrogen-bond acceptors (Lipinski definition) is 35. The summed E-state index contributed by atoms with van der Waals surface area (Å²) >= 11 is 0. The maximum Gasteiger partial charge on any atom is 0.407 e. The summed E-state index contributed by atoms with van der Waals surface area (Å²) in [6.07, 6.45) is 1.05. The molecule has 0 aromatic carbocycles. The van der Waals surface area contributed by atoms with Gasteiger partial charge in [-0.1, -0.05) is 0 Å². The Hall–Kier alpha value is -8.41. The van der Waals surface area contributed by atoms with Crippen LogP contribution in [0.1, 0.15) is 141 Å². The molecular formula is C86H160N12O36. The first-order valence-electron chi connectivity index (χ1n) is 45.7. The zero-order valence-electron chi connectivity index (χ0n) is 81.2. The molecule has 0 unspecified atom stereocenters. The highest BCUT2D eigenvalue weighted by Gasteiger charge is 2.26. The van der Waals surface area contributed by atoms with E-state index < -0.39 is 113 Å². The van der Waals surface area contributed by atoms with E-state index in [2.05, 4.69) is 63.8 Å². The number of alkyl carbamates (subject to hydrolysis) is 4. The van der Waals surface area contributed by atoms with Gasteiger partial charge in [0.15, 0.2) is 0 Å². The SMILES string of the molecule is CC(C)(C)OC(=O)NCCOCCOCCOCC(=O)NCCCC[C@H](NC(=O)COCCOCCOCCNC(=O)OC(C)(C)C)C(=O)NCCOCCOCCOCC(=O)NCCCC[C@H](NC(=O)COCCOCCOCCNC(=O)[C@H](CCCCNC(=O)COCCOCCOCCNC(=O)OC(C)(C)C)NC(=O)COCCOCCOCCNC(=O)OC(C)(C)C)C(=O)O. The molecule has 0 rings (SSSR count). The Kier molecular flexibility index (Phi) is 77.6. The van der Waals surface area contributed by atoms with Crippen LogP contribution in [-0.2, 0) is 147 Å². The third-order valence-corrected chi connectivity index (χ3v) is 16.3. The van der Waals surface area contributed by atoms with Gasteiger partial charge < -0.3 is 173 Å². The molecule has 0 aliphatic rings. The van der Waals surface area contributed by atoms with Gasteiger partial charge in [0.25, 0.3) is 0 Å². The second-order valence-electron chi connectivity index (χ2n) is 33.2. The van der Waals surface area contributed by atoms with E-state index in [1.165, 1.54) is 0 Å². The molecule has 0 saturated heterocycles. The van der Waals surface area contributed by atoms with Crippen molar-refractivity contribution in [3.63, 3.8) is 0 Å². The number of aliphatic carboxylic acids is 1. The number of carbonyl (C=O) groups is 13. The zero-order valence-corrected chi connectivity index (χ0v) is 81.2. The molecule has 134 heavy (non-hydrogen) atoms. The number of carboxylic acids is 1. The van der Waals surface area contributed by atoms with Gasteiger partial charge in [-0.2, -0.15) is 0 Å². The smallest absolute Gasteiger partial charge is 0.407 e. The lowest BCUT2D eigenvalue weighted by atomic mass is 10.1. The first kappa shape index (κ1) is 126. The molecule has 13 N–H and O–H groups in total. The molecule has 12 amide bonds. The summed E-state index contributed by atoms with van der Waals surface area (Å²) < 4.78 is 119. The molecule has 0 aromatic rings. The van der Waals surface area contributed by atoms with E-state index in [0.717, 1.165) is 0 Å². The molecule has 3 atom stereocenters. The summed E-state index contributed by atoms with van der Waals surface area (Å²) in [5.74, 6) is -4.97. The topological polar surface area (TPSA) is 590 Å². The molecule has 0 aromatic heterocycles. The number of ether oxygens (including phenoxy) is 22. The first-order chi connectivity index (χ1) is 63.9. The molecule has 0 spiro atoms. The van der Waals surface area contributed by atoms with Crippen LogP contribution in [-0.4, -0.2) is 420 Å². The standard InChI is InChI=1S/C86H160N12O36/c1-83(2,3)131-79(109)92-27-33-115-39-45-120-50-56-125-61-70(99)87-22-16-13-19-67(96-73(102)64-128-58-52-123-47-41-117-35-29-94-81(111)133-85(7,8)9)76(105)90-25-31-113-37-43-119-49-55-127-63-72(101)89-24-18-15-21-69(78(107)108)98-75(104)66-130-60-54-122-44-38-114-32-26-91-77(106)68(97-74(103)65-129-59-53-124-48-42-118-36-30-95-82(112)134-86(10,11)12)20-14-17-23-88-71(100)62-126-57-51-121-46-40-116-34-28-93-80(110)132-84(4,5)6/h67-69H,13-66H2,1-12H3,(H,87,99)(H,88,100)(H,89,101)(H,90,105)(H,91,106)(H,92,109)(H,93,110)(H,94,111)(H,95,112)(H,96,102)(H,97,103)(H,98,104)(H,107,108)/t67-,68-,69-/m0/s1. The van der Waals surface area contributed by atoms with Crippen molar-refractivity contribution < 1.29 is 172 Å². The molecule has 48 nitrogen and oxygen atoms in total. The second kappa shape index (κ2) is 82.8. The fourth-order valence-corrected chi connectivity index (χ4v) is 10.3. The number of carbonyl (C=O) groups excluding carboxylic acids is 12. The monoisotopic (exact) mass is 1940 g/mol. The van der Waals surface area contributed by atoms with Crippen LogP contribution in [0.15, 0.2) is 0 Å². The van der Waals surface area contributed by atoms with Crippen LogP contribution in [0.2, 0.25) is 0 Å². The van der Waals surface area contributed by atoms with Gasteiger partial charge in [-0.15, -0.1) is 0 Å². The van der Waals surface area contributed by atoms with E-state index >= 15 is 0 Å². The molecule has 0 fully saturated rings. The van der Waals surface area contributed by atoms with Gasteiger partial charge in [-0.05, 0) is 141 Å². The Bertz CT molecular complexity index is 3110. The largest absolute Gasteiger partial charge is 0.480 e. The summed E-state index contributed by atoms with van der Waals surface area (Å²) in [6.45, 7) is 27.3. The van der Waals surface area contributed by atoms with E-state index in [-0.39, 0.29) is 308 Å². The van der Waals surface area contributed by atoms with Gasteiger partial charge in [0.2, 0.25) is 47.3 Å². The minimum Gasteiger partial charge on any atom is -0.480 e. The van der Waals surface area contributed by atoms with Crippen LogP contribution >= 0.6 is 0 Å². The molecule has 780 valence electrons. The lowest BCUT2D eigenvalue weighted by molar-refractivity contribution is -0.143. The van der Waals surface area contributed by atoms with Gasteiger partial charge in [0, 0.05) is 58.9 Å². The van der Waals surface area contributed by atoms with Crippen LogP contribution in [0.3, 0.4) is 0 Å². The third kappa shape index (κ3) is 90.1. The van der Waals surface area contributed by atoms with Crippen LogP contribution in [0.25, 0.3) is 0 Å². The minimum atomic E-state index is -1.24. The minimum absolute atomic E-state index is 0.0109. The predicted octanol–water partition coefficient (Wildman–Crippen LogP) is 0.0149. The van der Waals surface area contributed by atoms with Crippen molar-refractivity contribution in [3.05, 3.63) is 0 Å². The van der Waals surface area contributed by atoms with Crippen LogP contribution in [0.5, 0.6) is 0 Å². The average molecular weight is 1940 g/mol.